The highest BCUT2D eigenvalue weighted by atomic mass is 79.9. The van der Waals surface area contributed by atoms with Crippen molar-refractivity contribution < 1.29 is 4.74 Å². The van der Waals surface area contributed by atoms with Gasteiger partial charge in [-0.05, 0) is 31.2 Å². The minimum Gasteiger partial charge on any atom is -0.494 e. The van der Waals surface area contributed by atoms with Crippen molar-refractivity contribution >= 4 is 27.3 Å². The van der Waals surface area contributed by atoms with Crippen molar-refractivity contribution in [3.63, 3.8) is 0 Å². The van der Waals surface area contributed by atoms with E-state index in [1.165, 1.54) is 0 Å². The minimum absolute atomic E-state index is 0.677. The highest BCUT2D eigenvalue weighted by molar-refractivity contribution is 9.10. The molecule has 3 nitrogen and oxygen atoms in total. The monoisotopic (exact) mass is 348 g/mol. The van der Waals surface area contributed by atoms with Crippen molar-refractivity contribution in [2.75, 3.05) is 30.9 Å². The molecule has 0 saturated heterocycles. The number of ether oxygens (including phenoxy) is 1. The van der Waals surface area contributed by atoms with E-state index in [1.54, 1.807) is 0 Å². The summed E-state index contributed by atoms with van der Waals surface area (Å²) in [6, 6.07) is 14.4. The number of anilines is 2. The topological polar surface area (TPSA) is 24.5 Å². The van der Waals surface area contributed by atoms with Crippen LogP contribution in [0.1, 0.15) is 12.5 Å². The Hall–Kier alpha value is -1.68. The summed E-state index contributed by atoms with van der Waals surface area (Å²) in [7, 11) is 4.09. The molecule has 4 heteroatoms. The van der Waals surface area contributed by atoms with Crippen molar-refractivity contribution in [2.24, 2.45) is 0 Å². The normalized spacial score (nSPS) is 10.3. The molecule has 0 saturated carbocycles. The number of halogens is 1. The van der Waals surface area contributed by atoms with Crippen molar-refractivity contribution in [1.82, 2.24) is 0 Å². The van der Waals surface area contributed by atoms with Crippen LogP contribution in [0.15, 0.2) is 46.9 Å². The average molecular weight is 349 g/mol. The predicted molar refractivity (Wildman–Crippen MR) is 93.4 cm³/mol. The molecule has 0 aliphatic carbocycles. The lowest BCUT2D eigenvalue weighted by molar-refractivity contribution is 0.337. The molecule has 21 heavy (non-hydrogen) atoms. The molecule has 0 fully saturated rings. The predicted octanol–water partition coefficient (Wildman–Crippen LogP) is 4.53. The van der Waals surface area contributed by atoms with Crippen LogP contribution < -0.4 is 15.0 Å². The van der Waals surface area contributed by atoms with Crippen molar-refractivity contribution in [3.8, 4) is 5.75 Å². The van der Waals surface area contributed by atoms with Crippen LogP contribution in [0.25, 0.3) is 0 Å². The minimum atomic E-state index is 0.677. The number of hydrogen-bond acceptors (Lipinski definition) is 3. The van der Waals surface area contributed by atoms with Crippen LogP contribution in [0.3, 0.4) is 0 Å². The number of nitrogens with one attached hydrogen (secondary N) is 1. The molecule has 0 aliphatic heterocycles. The van der Waals surface area contributed by atoms with Crippen LogP contribution in [0, 0.1) is 0 Å². The maximum atomic E-state index is 5.67. The lowest BCUT2D eigenvalue weighted by atomic mass is 10.2. The molecule has 0 spiro atoms. The standard InChI is InChI=1S/C17H21BrN2O/c1-4-21-17-8-6-5-7-13(17)12-19-15-11-14(18)9-10-16(15)20(2)3/h5-11,19H,4,12H2,1-3H3. The zero-order valence-electron chi connectivity index (χ0n) is 12.7. The third kappa shape index (κ3) is 4.14. The van der Waals surface area contributed by atoms with E-state index >= 15 is 0 Å². The van der Waals surface area contributed by atoms with Gasteiger partial charge in [0.25, 0.3) is 0 Å². The molecule has 1 N–H and O–H groups in total. The van der Waals surface area contributed by atoms with E-state index in [0.717, 1.165) is 33.7 Å². The third-order valence-electron chi connectivity index (χ3n) is 3.18. The van der Waals surface area contributed by atoms with Crippen LogP contribution in [0.4, 0.5) is 11.4 Å². The molecule has 0 amide bonds. The number of benzene rings is 2. The van der Waals surface area contributed by atoms with Crippen LogP contribution in [0.5, 0.6) is 5.75 Å². The van der Waals surface area contributed by atoms with E-state index in [9.17, 15) is 0 Å². The van der Waals surface area contributed by atoms with Gasteiger partial charge in [-0.3, -0.25) is 0 Å². The van der Waals surface area contributed by atoms with Gasteiger partial charge in [0.2, 0.25) is 0 Å². The first kappa shape index (κ1) is 15.7. The van der Waals surface area contributed by atoms with Crippen LogP contribution in [-0.4, -0.2) is 20.7 Å². The highest BCUT2D eigenvalue weighted by Crippen LogP contribution is 2.29. The average Bonchev–Trinajstić information content (AvgIpc) is 2.46. The fourth-order valence-corrected chi connectivity index (χ4v) is 2.54. The smallest absolute Gasteiger partial charge is 0.124 e. The second kappa shape index (κ2) is 7.36. The van der Waals surface area contributed by atoms with Gasteiger partial charge >= 0.3 is 0 Å². The third-order valence-corrected chi connectivity index (χ3v) is 3.68. The molecule has 0 atom stereocenters. The first-order valence-corrected chi connectivity index (χ1v) is 7.82. The van der Waals surface area contributed by atoms with Crippen molar-refractivity contribution in [3.05, 3.63) is 52.5 Å². The molecule has 2 aromatic carbocycles. The zero-order valence-corrected chi connectivity index (χ0v) is 14.3. The van der Waals surface area contributed by atoms with Gasteiger partial charge in [0.15, 0.2) is 0 Å². The van der Waals surface area contributed by atoms with Gasteiger partial charge in [-0.25, -0.2) is 0 Å². The van der Waals surface area contributed by atoms with Gasteiger partial charge in [0.1, 0.15) is 5.75 Å². The molecule has 0 aliphatic rings. The maximum Gasteiger partial charge on any atom is 0.124 e. The van der Waals surface area contributed by atoms with Gasteiger partial charge in [-0.1, -0.05) is 34.1 Å². The molecule has 2 aromatic rings. The van der Waals surface area contributed by atoms with E-state index in [0.29, 0.717) is 6.61 Å². The van der Waals surface area contributed by atoms with E-state index in [1.807, 2.05) is 39.2 Å². The summed E-state index contributed by atoms with van der Waals surface area (Å²) in [5.74, 6) is 0.939. The molecule has 0 aromatic heterocycles. The molecule has 0 radical (unpaired) electrons. The Morgan fingerprint density at radius 1 is 1.14 bits per heavy atom. The second-order valence-electron chi connectivity index (χ2n) is 4.95. The first-order valence-electron chi connectivity index (χ1n) is 7.03. The van der Waals surface area contributed by atoms with Gasteiger partial charge in [0, 0.05) is 30.7 Å². The molecule has 0 heterocycles. The Kier molecular flexibility index (Phi) is 5.51. The zero-order chi connectivity index (χ0) is 15.2. The van der Waals surface area contributed by atoms with Gasteiger partial charge in [0.05, 0.1) is 18.0 Å². The maximum absolute atomic E-state index is 5.67. The second-order valence-corrected chi connectivity index (χ2v) is 5.87. The van der Waals surface area contributed by atoms with Gasteiger partial charge in [-0.2, -0.15) is 0 Å². The fourth-order valence-electron chi connectivity index (χ4n) is 2.18. The highest BCUT2D eigenvalue weighted by Gasteiger charge is 2.07. The van der Waals surface area contributed by atoms with Gasteiger partial charge < -0.3 is 15.0 Å². The molecule has 0 bridgehead atoms. The Morgan fingerprint density at radius 2 is 1.90 bits per heavy atom. The summed E-state index contributed by atoms with van der Waals surface area (Å²) >= 11 is 3.53. The van der Waals surface area contributed by atoms with Gasteiger partial charge in [-0.15, -0.1) is 0 Å². The van der Waals surface area contributed by atoms with Crippen LogP contribution >= 0.6 is 15.9 Å². The summed E-state index contributed by atoms with van der Waals surface area (Å²) in [5.41, 5.74) is 3.41. The number of para-hydroxylation sites is 1. The Balaban J connectivity index is 2.18. The van der Waals surface area contributed by atoms with E-state index in [4.69, 9.17) is 4.74 Å². The van der Waals surface area contributed by atoms with E-state index in [-0.39, 0.29) is 0 Å². The SMILES string of the molecule is CCOc1ccccc1CNc1cc(Br)ccc1N(C)C. The molecule has 2 rings (SSSR count). The fraction of sp³-hybridized carbons (Fsp3) is 0.294. The molecular formula is C17H21BrN2O. The molecule has 0 unspecified atom stereocenters. The summed E-state index contributed by atoms with van der Waals surface area (Å²) in [6.45, 7) is 3.41. The largest absolute Gasteiger partial charge is 0.494 e. The number of rotatable bonds is 6. The molecular weight excluding hydrogens is 328 g/mol. The Bertz CT molecular complexity index is 599. The lowest BCUT2D eigenvalue weighted by Gasteiger charge is -2.19. The Labute approximate surface area is 135 Å². The van der Waals surface area contributed by atoms with Crippen LogP contribution in [-0.2, 0) is 6.54 Å². The van der Waals surface area contributed by atoms with E-state index in [2.05, 4.69) is 50.4 Å². The lowest BCUT2D eigenvalue weighted by Crippen LogP contribution is -2.12. The number of hydrogen-bond donors (Lipinski definition) is 1. The summed E-state index contributed by atoms with van der Waals surface area (Å²) in [6.07, 6.45) is 0. The first-order chi connectivity index (χ1) is 10.1. The summed E-state index contributed by atoms with van der Waals surface area (Å²) in [4.78, 5) is 2.10. The Morgan fingerprint density at radius 3 is 2.62 bits per heavy atom. The quantitative estimate of drug-likeness (QED) is 0.830. The van der Waals surface area contributed by atoms with Crippen molar-refractivity contribution in [1.29, 1.82) is 0 Å². The van der Waals surface area contributed by atoms with Crippen LogP contribution in [0.2, 0.25) is 0 Å². The summed E-state index contributed by atoms with van der Waals surface area (Å²) < 4.78 is 6.73. The molecule has 112 valence electrons. The van der Waals surface area contributed by atoms with E-state index < -0.39 is 0 Å². The van der Waals surface area contributed by atoms with Crippen molar-refractivity contribution in [2.45, 2.75) is 13.5 Å². The summed E-state index contributed by atoms with van der Waals surface area (Å²) in [5, 5.41) is 3.50. The number of nitrogens with zero attached hydrogens (tertiary/aromatic N) is 1.